The van der Waals surface area contributed by atoms with E-state index in [4.69, 9.17) is 28.9 Å². The Morgan fingerprint density at radius 1 is 1.14 bits per heavy atom. The second kappa shape index (κ2) is 8.63. The molecule has 3 rings (SSSR count). The maximum absolute atomic E-state index is 12.9. The van der Waals surface area contributed by atoms with Gasteiger partial charge in [0.15, 0.2) is 5.69 Å². The fourth-order valence-electron chi connectivity index (χ4n) is 2.91. The number of hydrogen-bond donors (Lipinski definition) is 2. The van der Waals surface area contributed by atoms with E-state index in [1.165, 1.54) is 16.8 Å². The second-order valence-electron chi connectivity index (χ2n) is 6.44. The van der Waals surface area contributed by atoms with E-state index in [1.807, 2.05) is 0 Å². The van der Waals surface area contributed by atoms with Crippen molar-refractivity contribution in [2.24, 2.45) is 0 Å². The molecule has 0 aliphatic heterocycles. The van der Waals surface area contributed by atoms with E-state index >= 15 is 0 Å². The number of benzene rings is 2. The Morgan fingerprint density at radius 3 is 2.43 bits per heavy atom. The number of nitrogens with two attached hydrogens (primary N) is 1. The Balaban J connectivity index is 2.02. The third-order valence-electron chi connectivity index (χ3n) is 4.39. The van der Waals surface area contributed by atoms with E-state index in [2.05, 4.69) is 17.3 Å². The normalized spacial score (nSPS) is 11.0. The topological polar surface area (TPSA) is 90.0 Å². The molecule has 6 nitrogen and oxygen atoms in total. The zero-order chi connectivity index (χ0) is 20.3. The van der Waals surface area contributed by atoms with Crippen LogP contribution in [-0.4, -0.2) is 15.7 Å². The van der Waals surface area contributed by atoms with Gasteiger partial charge >= 0.3 is 0 Å². The summed E-state index contributed by atoms with van der Waals surface area (Å²) < 4.78 is 1.36. The number of rotatable bonds is 6. The van der Waals surface area contributed by atoms with Crippen LogP contribution in [0.4, 0.5) is 11.4 Å². The molecule has 3 aromatic rings. The van der Waals surface area contributed by atoms with Crippen molar-refractivity contribution in [3.8, 4) is 0 Å². The molecule has 28 heavy (non-hydrogen) atoms. The molecule has 0 aliphatic carbocycles. The van der Waals surface area contributed by atoms with Crippen LogP contribution < -0.4 is 16.6 Å². The molecular formula is C20H20Cl2N4O2. The highest BCUT2D eigenvalue weighted by molar-refractivity contribution is 6.39. The monoisotopic (exact) mass is 418 g/mol. The predicted molar refractivity (Wildman–Crippen MR) is 114 cm³/mol. The average molecular weight is 419 g/mol. The van der Waals surface area contributed by atoms with Crippen LogP contribution in [0, 0.1) is 0 Å². The van der Waals surface area contributed by atoms with Crippen LogP contribution in [0.2, 0.25) is 10.0 Å². The Bertz CT molecular complexity index is 1070. The number of unbranched alkanes of at least 4 members (excludes halogenated alkanes) is 2. The molecule has 0 saturated carbocycles. The summed E-state index contributed by atoms with van der Waals surface area (Å²) >= 11 is 12.1. The van der Waals surface area contributed by atoms with Gasteiger partial charge in [0.1, 0.15) is 0 Å². The van der Waals surface area contributed by atoms with Crippen molar-refractivity contribution in [3.63, 3.8) is 0 Å². The van der Waals surface area contributed by atoms with E-state index in [-0.39, 0.29) is 27.0 Å². The first-order chi connectivity index (χ1) is 13.4. The van der Waals surface area contributed by atoms with E-state index in [0.717, 1.165) is 19.3 Å². The number of aryl methyl sites for hydroxylation is 1. The molecule has 1 amide bonds. The highest BCUT2D eigenvalue weighted by Gasteiger charge is 2.17. The first-order valence-electron chi connectivity index (χ1n) is 8.98. The zero-order valence-electron chi connectivity index (χ0n) is 15.3. The number of halogens is 2. The van der Waals surface area contributed by atoms with Gasteiger partial charge in [-0.05, 0) is 24.6 Å². The highest BCUT2D eigenvalue weighted by Crippen LogP contribution is 2.31. The van der Waals surface area contributed by atoms with Crippen molar-refractivity contribution < 1.29 is 4.79 Å². The van der Waals surface area contributed by atoms with E-state index in [1.54, 1.807) is 24.3 Å². The van der Waals surface area contributed by atoms with Gasteiger partial charge in [0.2, 0.25) is 0 Å². The summed E-state index contributed by atoms with van der Waals surface area (Å²) in [5.74, 6) is -0.461. The number of amides is 1. The van der Waals surface area contributed by atoms with Crippen LogP contribution in [0.25, 0.3) is 10.8 Å². The zero-order valence-corrected chi connectivity index (χ0v) is 16.8. The van der Waals surface area contributed by atoms with Crippen LogP contribution in [0.5, 0.6) is 0 Å². The lowest BCUT2D eigenvalue weighted by Gasteiger charge is -2.12. The lowest BCUT2D eigenvalue weighted by Crippen LogP contribution is -2.27. The molecule has 0 atom stereocenters. The molecule has 0 unspecified atom stereocenters. The smallest absolute Gasteiger partial charge is 0.276 e. The number of nitrogens with one attached hydrogen (secondary N) is 1. The molecule has 0 bridgehead atoms. The fraction of sp³-hybridized carbons (Fsp3) is 0.250. The third kappa shape index (κ3) is 4.13. The van der Waals surface area contributed by atoms with Crippen molar-refractivity contribution in [2.45, 2.75) is 32.7 Å². The summed E-state index contributed by atoms with van der Waals surface area (Å²) in [4.78, 5) is 25.6. The van der Waals surface area contributed by atoms with Gasteiger partial charge in [-0.3, -0.25) is 9.59 Å². The Morgan fingerprint density at radius 2 is 1.79 bits per heavy atom. The Labute approximate surface area is 172 Å². The molecule has 146 valence electrons. The number of anilines is 2. The SMILES string of the molecule is CCCCCn1nc(C(=O)Nc2cc(Cl)c(N)c(Cl)c2)c2ccccc2c1=O. The molecule has 2 aromatic carbocycles. The van der Waals surface area contributed by atoms with Gasteiger partial charge < -0.3 is 11.1 Å². The van der Waals surface area contributed by atoms with Crippen molar-refractivity contribution in [2.75, 3.05) is 11.1 Å². The summed E-state index contributed by atoms with van der Waals surface area (Å²) in [5, 5.41) is 8.49. The molecule has 3 N–H and O–H groups in total. The van der Waals surface area contributed by atoms with E-state index < -0.39 is 5.91 Å². The quantitative estimate of drug-likeness (QED) is 0.447. The van der Waals surface area contributed by atoms with Crippen LogP contribution in [0.1, 0.15) is 36.7 Å². The van der Waals surface area contributed by atoms with Crippen molar-refractivity contribution in [3.05, 3.63) is 62.5 Å². The van der Waals surface area contributed by atoms with Crippen LogP contribution in [-0.2, 0) is 6.54 Å². The molecule has 0 saturated heterocycles. The average Bonchev–Trinajstić information content (AvgIpc) is 2.68. The standard InChI is InChI=1S/C20H20Cl2N4O2/c1-2-3-6-9-26-20(28)14-8-5-4-7-13(14)18(25-26)19(27)24-12-10-15(21)17(23)16(22)11-12/h4-5,7-8,10-11H,2-3,6,9,23H2,1H3,(H,24,27). The van der Waals surface area contributed by atoms with Crippen LogP contribution in [0.3, 0.4) is 0 Å². The van der Waals surface area contributed by atoms with Crippen molar-refractivity contribution >= 4 is 51.3 Å². The number of hydrogen-bond acceptors (Lipinski definition) is 4. The largest absolute Gasteiger partial charge is 0.396 e. The molecule has 8 heteroatoms. The molecule has 0 radical (unpaired) electrons. The molecule has 1 heterocycles. The summed E-state index contributed by atoms with van der Waals surface area (Å²) in [7, 11) is 0. The van der Waals surface area contributed by atoms with E-state index in [9.17, 15) is 9.59 Å². The number of carbonyl (C=O) groups is 1. The minimum Gasteiger partial charge on any atom is -0.396 e. The van der Waals surface area contributed by atoms with Gasteiger partial charge in [-0.2, -0.15) is 5.10 Å². The number of fused-ring (bicyclic) bond motifs is 1. The van der Waals surface area contributed by atoms with Gasteiger partial charge in [-0.15, -0.1) is 0 Å². The highest BCUT2D eigenvalue weighted by atomic mass is 35.5. The maximum atomic E-state index is 12.9. The van der Waals surface area contributed by atoms with Gasteiger partial charge in [-0.25, -0.2) is 4.68 Å². The van der Waals surface area contributed by atoms with Crippen molar-refractivity contribution in [1.82, 2.24) is 9.78 Å². The van der Waals surface area contributed by atoms with Gasteiger partial charge in [0.25, 0.3) is 11.5 Å². The lowest BCUT2D eigenvalue weighted by atomic mass is 10.1. The molecule has 1 aromatic heterocycles. The first kappa shape index (κ1) is 20.2. The molecule has 0 fully saturated rings. The number of aromatic nitrogens is 2. The molecule has 0 aliphatic rings. The minimum absolute atomic E-state index is 0.163. The molecule has 0 spiro atoms. The first-order valence-corrected chi connectivity index (χ1v) is 9.73. The second-order valence-corrected chi connectivity index (χ2v) is 7.25. The fourth-order valence-corrected chi connectivity index (χ4v) is 3.40. The summed E-state index contributed by atoms with van der Waals surface area (Å²) in [5.41, 5.74) is 6.33. The number of nitrogen functional groups attached to an aromatic ring is 1. The third-order valence-corrected chi connectivity index (χ3v) is 5.02. The summed E-state index contributed by atoms with van der Waals surface area (Å²) in [6.07, 6.45) is 2.81. The van der Waals surface area contributed by atoms with Crippen LogP contribution in [0.15, 0.2) is 41.2 Å². The Kier molecular flexibility index (Phi) is 6.21. The van der Waals surface area contributed by atoms with Gasteiger partial charge in [0.05, 0.1) is 21.1 Å². The summed E-state index contributed by atoms with van der Waals surface area (Å²) in [6, 6.07) is 9.96. The number of nitrogens with zero attached hydrogens (tertiary/aromatic N) is 2. The number of carbonyl (C=O) groups excluding carboxylic acids is 1. The van der Waals surface area contributed by atoms with Gasteiger partial charge in [0, 0.05) is 17.6 Å². The lowest BCUT2D eigenvalue weighted by molar-refractivity contribution is 0.102. The van der Waals surface area contributed by atoms with E-state index in [0.29, 0.717) is 23.0 Å². The predicted octanol–water partition coefficient (Wildman–Crippen LogP) is 4.73. The van der Waals surface area contributed by atoms with Gasteiger partial charge in [-0.1, -0.05) is 61.2 Å². The Hall–Kier alpha value is -2.57. The van der Waals surface area contributed by atoms with Crippen LogP contribution >= 0.6 is 23.2 Å². The minimum atomic E-state index is -0.461. The molecular weight excluding hydrogens is 399 g/mol. The van der Waals surface area contributed by atoms with Crippen molar-refractivity contribution in [1.29, 1.82) is 0 Å². The maximum Gasteiger partial charge on any atom is 0.276 e. The summed E-state index contributed by atoms with van der Waals surface area (Å²) in [6.45, 7) is 2.54.